The Hall–Kier alpha value is -1.86. The van der Waals surface area contributed by atoms with Crippen LogP contribution in [-0.2, 0) is 6.42 Å². The molecule has 4 nitrogen and oxygen atoms in total. The lowest BCUT2D eigenvalue weighted by Crippen LogP contribution is -2.38. The Morgan fingerprint density at radius 1 is 1.41 bits per heavy atom. The number of nitrogens with zero attached hydrogens (tertiary/aromatic N) is 2. The molecule has 0 aromatic heterocycles. The number of carbonyl (C=O) groups is 1. The number of hydrogen-bond donors (Lipinski definition) is 1. The van der Waals surface area contributed by atoms with Crippen LogP contribution in [0.1, 0.15) is 49.0 Å². The summed E-state index contributed by atoms with van der Waals surface area (Å²) in [5, 5.41) is 18.7. The number of aryl methyl sites for hydroxylation is 1. The lowest BCUT2D eigenvalue weighted by molar-refractivity contribution is 0.0707. The molecule has 2 rings (SSSR count). The maximum atomic E-state index is 12.5. The Bertz CT molecular complexity index is 561. The van der Waals surface area contributed by atoms with E-state index in [0.29, 0.717) is 25.1 Å². The molecule has 1 aliphatic heterocycles. The first-order valence-corrected chi connectivity index (χ1v) is 7.89. The Kier molecular flexibility index (Phi) is 5.20. The molecule has 0 atom stereocenters. The van der Waals surface area contributed by atoms with Gasteiger partial charge in [0.1, 0.15) is 0 Å². The number of benzene rings is 1. The fourth-order valence-corrected chi connectivity index (χ4v) is 2.70. The van der Waals surface area contributed by atoms with Crippen LogP contribution in [-0.4, -0.2) is 34.6 Å². The van der Waals surface area contributed by atoms with Crippen molar-refractivity contribution in [1.82, 2.24) is 4.90 Å². The van der Waals surface area contributed by atoms with Crippen LogP contribution in [0, 0.1) is 17.2 Å². The summed E-state index contributed by atoms with van der Waals surface area (Å²) in [6, 6.07) is 9.93. The average molecular weight is 300 g/mol. The van der Waals surface area contributed by atoms with Crippen molar-refractivity contribution in [3.05, 3.63) is 35.4 Å². The summed E-state index contributed by atoms with van der Waals surface area (Å²) in [5.74, 6) is 0.128. The van der Waals surface area contributed by atoms with E-state index in [1.54, 1.807) is 13.8 Å². The number of rotatable bonds is 4. The zero-order valence-electron chi connectivity index (χ0n) is 13.4. The molecule has 0 saturated carbocycles. The standard InChI is InChI=1S/C18H24N2O2/c1-18(2,22)9-6-14-4-3-5-16(12-14)17(21)20-10-7-15(13-19)8-11-20/h3-5,12,15,22H,6-11H2,1-2H3. The number of piperidine rings is 1. The lowest BCUT2D eigenvalue weighted by Gasteiger charge is -2.29. The summed E-state index contributed by atoms with van der Waals surface area (Å²) in [6.07, 6.45) is 2.95. The molecule has 0 radical (unpaired) electrons. The van der Waals surface area contributed by atoms with E-state index in [2.05, 4.69) is 6.07 Å². The predicted molar refractivity (Wildman–Crippen MR) is 85.3 cm³/mol. The topological polar surface area (TPSA) is 64.3 Å². The van der Waals surface area contributed by atoms with E-state index in [1.807, 2.05) is 29.2 Å². The quantitative estimate of drug-likeness (QED) is 0.930. The van der Waals surface area contributed by atoms with Crippen LogP contribution in [0.25, 0.3) is 0 Å². The van der Waals surface area contributed by atoms with Gasteiger partial charge in [-0.3, -0.25) is 4.79 Å². The molecular formula is C18H24N2O2. The molecule has 0 unspecified atom stereocenters. The largest absolute Gasteiger partial charge is 0.390 e. The monoisotopic (exact) mass is 300 g/mol. The van der Waals surface area contributed by atoms with Crippen LogP contribution in [0.5, 0.6) is 0 Å². The van der Waals surface area contributed by atoms with Gasteiger partial charge in [0, 0.05) is 24.6 Å². The maximum Gasteiger partial charge on any atom is 0.253 e. The number of carbonyl (C=O) groups excluding carboxylic acids is 1. The van der Waals surface area contributed by atoms with Crippen LogP contribution in [0.15, 0.2) is 24.3 Å². The second-order valence-corrected chi connectivity index (χ2v) is 6.71. The van der Waals surface area contributed by atoms with Crippen molar-refractivity contribution in [2.75, 3.05) is 13.1 Å². The first kappa shape index (κ1) is 16.5. The molecule has 0 bridgehead atoms. The van der Waals surface area contributed by atoms with Gasteiger partial charge in [0.2, 0.25) is 0 Å². The summed E-state index contributed by atoms with van der Waals surface area (Å²) in [4.78, 5) is 14.4. The van der Waals surface area contributed by atoms with Crippen molar-refractivity contribution in [3.8, 4) is 6.07 Å². The first-order chi connectivity index (χ1) is 10.4. The number of aliphatic hydroxyl groups is 1. The van der Waals surface area contributed by atoms with Gasteiger partial charge in [-0.1, -0.05) is 12.1 Å². The molecule has 0 aliphatic carbocycles. The zero-order chi connectivity index (χ0) is 16.2. The first-order valence-electron chi connectivity index (χ1n) is 7.89. The van der Waals surface area contributed by atoms with Crippen molar-refractivity contribution in [2.24, 2.45) is 5.92 Å². The number of hydrogen-bond acceptors (Lipinski definition) is 3. The number of amides is 1. The van der Waals surface area contributed by atoms with E-state index in [1.165, 1.54) is 0 Å². The van der Waals surface area contributed by atoms with Gasteiger partial charge >= 0.3 is 0 Å². The van der Waals surface area contributed by atoms with Crippen molar-refractivity contribution in [3.63, 3.8) is 0 Å². The fourth-order valence-electron chi connectivity index (χ4n) is 2.70. The Morgan fingerprint density at radius 3 is 2.68 bits per heavy atom. The minimum Gasteiger partial charge on any atom is -0.390 e. The van der Waals surface area contributed by atoms with Crippen LogP contribution in [0.4, 0.5) is 0 Å². The fraction of sp³-hybridized carbons (Fsp3) is 0.556. The second-order valence-electron chi connectivity index (χ2n) is 6.71. The third-order valence-corrected chi connectivity index (χ3v) is 4.16. The molecule has 1 N–H and O–H groups in total. The SMILES string of the molecule is CC(C)(O)CCc1cccc(C(=O)N2CCC(C#N)CC2)c1. The second kappa shape index (κ2) is 6.93. The zero-order valence-corrected chi connectivity index (χ0v) is 13.4. The van der Waals surface area contributed by atoms with Crippen LogP contribution < -0.4 is 0 Å². The third kappa shape index (κ3) is 4.57. The lowest BCUT2D eigenvalue weighted by atomic mass is 9.96. The van der Waals surface area contributed by atoms with Gasteiger partial charge in [0.25, 0.3) is 5.91 Å². The average Bonchev–Trinajstić information content (AvgIpc) is 2.52. The van der Waals surface area contributed by atoms with Crippen molar-refractivity contribution in [1.29, 1.82) is 5.26 Å². The summed E-state index contributed by atoms with van der Waals surface area (Å²) in [6.45, 7) is 4.90. The third-order valence-electron chi connectivity index (χ3n) is 4.16. The van der Waals surface area contributed by atoms with Gasteiger partial charge in [-0.25, -0.2) is 0 Å². The van der Waals surface area contributed by atoms with E-state index in [-0.39, 0.29) is 11.8 Å². The van der Waals surface area contributed by atoms with Gasteiger partial charge in [-0.2, -0.15) is 5.26 Å². The van der Waals surface area contributed by atoms with Crippen LogP contribution >= 0.6 is 0 Å². The smallest absolute Gasteiger partial charge is 0.253 e. The van der Waals surface area contributed by atoms with Crippen molar-refractivity contribution >= 4 is 5.91 Å². The van der Waals surface area contributed by atoms with E-state index < -0.39 is 5.60 Å². The van der Waals surface area contributed by atoms with E-state index in [0.717, 1.165) is 24.8 Å². The molecule has 118 valence electrons. The normalized spacial score (nSPS) is 16.4. The molecule has 1 aliphatic rings. The van der Waals surface area contributed by atoms with Gasteiger partial charge in [-0.05, 0) is 57.2 Å². The van der Waals surface area contributed by atoms with Crippen LogP contribution in [0.3, 0.4) is 0 Å². The molecule has 1 fully saturated rings. The molecule has 1 aromatic rings. The van der Waals surface area contributed by atoms with E-state index in [9.17, 15) is 9.90 Å². The molecular weight excluding hydrogens is 276 g/mol. The van der Waals surface area contributed by atoms with Crippen molar-refractivity contribution in [2.45, 2.75) is 45.1 Å². The highest BCUT2D eigenvalue weighted by atomic mass is 16.3. The van der Waals surface area contributed by atoms with Gasteiger partial charge in [0.05, 0.1) is 11.7 Å². The minimum absolute atomic E-state index is 0.0431. The Morgan fingerprint density at radius 2 is 2.09 bits per heavy atom. The summed E-state index contributed by atoms with van der Waals surface area (Å²) in [7, 11) is 0. The molecule has 4 heteroatoms. The van der Waals surface area contributed by atoms with Crippen LogP contribution in [0.2, 0.25) is 0 Å². The summed E-state index contributed by atoms with van der Waals surface area (Å²) in [5.41, 5.74) is 1.07. The van der Waals surface area contributed by atoms with Gasteiger partial charge in [-0.15, -0.1) is 0 Å². The molecule has 1 aromatic carbocycles. The highest BCUT2D eigenvalue weighted by molar-refractivity contribution is 5.94. The number of likely N-dealkylation sites (tertiary alicyclic amines) is 1. The Balaban J connectivity index is 2.00. The summed E-state index contributed by atoms with van der Waals surface area (Å²) < 4.78 is 0. The predicted octanol–water partition coefficient (Wildman–Crippen LogP) is 2.77. The van der Waals surface area contributed by atoms with Gasteiger partial charge < -0.3 is 10.0 Å². The highest BCUT2D eigenvalue weighted by Gasteiger charge is 2.23. The molecule has 22 heavy (non-hydrogen) atoms. The molecule has 0 spiro atoms. The molecule has 1 saturated heterocycles. The minimum atomic E-state index is -0.695. The van der Waals surface area contributed by atoms with Gasteiger partial charge in [0.15, 0.2) is 0 Å². The summed E-state index contributed by atoms with van der Waals surface area (Å²) >= 11 is 0. The van der Waals surface area contributed by atoms with E-state index >= 15 is 0 Å². The van der Waals surface area contributed by atoms with Crippen molar-refractivity contribution < 1.29 is 9.90 Å². The highest BCUT2D eigenvalue weighted by Crippen LogP contribution is 2.19. The molecule has 1 amide bonds. The van der Waals surface area contributed by atoms with E-state index in [4.69, 9.17) is 5.26 Å². The molecule has 1 heterocycles. The maximum absolute atomic E-state index is 12.5. The number of nitriles is 1. The Labute approximate surface area is 132 Å².